The number of aliphatic hydroxyl groups is 1. The van der Waals surface area contributed by atoms with Gasteiger partial charge in [0.05, 0.1) is 16.5 Å². The maximum atomic E-state index is 12.9. The van der Waals surface area contributed by atoms with Crippen molar-refractivity contribution in [2.75, 3.05) is 34.4 Å². The number of rotatable bonds is 8. The summed E-state index contributed by atoms with van der Waals surface area (Å²) in [5.41, 5.74) is 0.915. The number of nitrogens with zero attached hydrogens (tertiary/aromatic N) is 2. The highest BCUT2D eigenvalue weighted by molar-refractivity contribution is 7.89. The first-order valence-corrected chi connectivity index (χ1v) is 11.5. The van der Waals surface area contributed by atoms with Crippen molar-refractivity contribution >= 4 is 27.5 Å². The summed E-state index contributed by atoms with van der Waals surface area (Å²) in [5, 5.41) is 11.0. The van der Waals surface area contributed by atoms with Crippen LogP contribution in [0.4, 0.5) is 0 Å². The maximum Gasteiger partial charge on any atom is 0.295 e. The fourth-order valence-electron chi connectivity index (χ4n) is 3.62. The van der Waals surface area contributed by atoms with Crippen molar-refractivity contribution in [3.05, 3.63) is 71.3 Å². The first-order chi connectivity index (χ1) is 15.2. The van der Waals surface area contributed by atoms with E-state index in [-0.39, 0.29) is 28.3 Å². The number of aliphatic hydroxyl groups excluding tert-OH is 1. The molecule has 1 heterocycles. The molecule has 0 spiro atoms. The van der Waals surface area contributed by atoms with Crippen LogP contribution in [0.2, 0.25) is 0 Å². The molecule has 8 nitrogen and oxygen atoms in total. The molecule has 170 valence electrons. The first kappa shape index (κ1) is 23.6. The predicted molar refractivity (Wildman–Crippen MR) is 119 cm³/mol. The summed E-state index contributed by atoms with van der Waals surface area (Å²) in [4.78, 5) is 27.2. The van der Waals surface area contributed by atoms with E-state index in [0.29, 0.717) is 18.6 Å². The van der Waals surface area contributed by atoms with Crippen LogP contribution in [-0.4, -0.2) is 68.8 Å². The fourth-order valence-corrected chi connectivity index (χ4v) is 4.52. The number of Topliss-reactive ketones (excluding diaryl/α,β-unsaturated/α-hetero) is 1. The van der Waals surface area contributed by atoms with Crippen molar-refractivity contribution in [2.24, 2.45) is 0 Å². The van der Waals surface area contributed by atoms with Gasteiger partial charge in [-0.25, -0.2) is 12.7 Å². The van der Waals surface area contributed by atoms with Crippen molar-refractivity contribution < 1.29 is 27.9 Å². The normalized spacial score (nSPS) is 18.5. The van der Waals surface area contributed by atoms with Gasteiger partial charge in [-0.1, -0.05) is 30.3 Å². The Labute approximate surface area is 187 Å². The van der Waals surface area contributed by atoms with Gasteiger partial charge >= 0.3 is 0 Å². The molecule has 1 amide bonds. The Hall–Kier alpha value is -3.01. The number of sulfonamides is 1. The lowest BCUT2D eigenvalue weighted by Gasteiger charge is -2.25. The smallest absolute Gasteiger partial charge is 0.295 e. The Morgan fingerprint density at radius 2 is 1.69 bits per heavy atom. The molecule has 1 saturated heterocycles. The minimum atomic E-state index is -3.64. The van der Waals surface area contributed by atoms with Crippen molar-refractivity contribution in [2.45, 2.75) is 17.4 Å². The highest BCUT2D eigenvalue weighted by Crippen LogP contribution is 2.39. The predicted octanol–water partition coefficient (Wildman–Crippen LogP) is 2.40. The molecular weight excluding hydrogens is 432 g/mol. The van der Waals surface area contributed by atoms with E-state index < -0.39 is 27.8 Å². The second kappa shape index (κ2) is 9.64. The number of benzene rings is 2. The van der Waals surface area contributed by atoms with Crippen LogP contribution in [0.1, 0.15) is 23.6 Å². The van der Waals surface area contributed by atoms with Gasteiger partial charge in [0.2, 0.25) is 10.0 Å². The van der Waals surface area contributed by atoms with Crippen LogP contribution < -0.4 is 0 Å². The molecule has 1 unspecified atom stereocenters. The van der Waals surface area contributed by atoms with Gasteiger partial charge in [-0.3, -0.25) is 9.59 Å². The lowest BCUT2D eigenvalue weighted by Crippen LogP contribution is -2.31. The van der Waals surface area contributed by atoms with Gasteiger partial charge < -0.3 is 14.7 Å². The Kier molecular flexibility index (Phi) is 7.12. The summed E-state index contributed by atoms with van der Waals surface area (Å²) in [6.07, 6.45) is 0.532. The molecule has 1 atom stereocenters. The Morgan fingerprint density at radius 3 is 2.25 bits per heavy atom. The molecule has 1 fully saturated rings. The molecule has 1 aliphatic heterocycles. The molecule has 1 N–H and O–H groups in total. The molecule has 0 saturated carbocycles. The van der Waals surface area contributed by atoms with E-state index >= 15 is 0 Å². The molecule has 0 aliphatic carbocycles. The fraction of sp³-hybridized carbons (Fsp3) is 0.304. The quantitative estimate of drug-likeness (QED) is 0.282. The summed E-state index contributed by atoms with van der Waals surface area (Å²) in [7, 11) is 0.769. The standard InChI is InChI=1S/C23H26N2O6S/c1-24(2)32(29,30)18-12-10-17(11-13-18)21(26)19-20(16-8-5-4-6-9-16)25(14-7-15-31-3)23(28)22(19)27/h4-6,8-13,20,26H,7,14-15H2,1-3H3/b21-19-. The zero-order valence-corrected chi connectivity index (χ0v) is 19.0. The van der Waals surface area contributed by atoms with Gasteiger partial charge in [-0.2, -0.15) is 0 Å². The van der Waals surface area contributed by atoms with E-state index in [2.05, 4.69) is 0 Å². The summed E-state index contributed by atoms with van der Waals surface area (Å²) in [6.45, 7) is 0.709. The zero-order valence-electron chi connectivity index (χ0n) is 18.2. The third kappa shape index (κ3) is 4.45. The third-order valence-corrected chi connectivity index (χ3v) is 7.14. The SMILES string of the molecule is COCCCN1C(=O)C(=O)/C(=C(\O)c2ccc(S(=O)(=O)N(C)C)cc2)C1c1ccccc1. The Morgan fingerprint density at radius 1 is 1.06 bits per heavy atom. The number of ether oxygens (including phenoxy) is 1. The zero-order chi connectivity index (χ0) is 23.5. The van der Waals surface area contributed by atoms with Crippen molar-refractivity contribution in [3.63, 3.8) is 0 Å². The van der Waals surface area contributed by atoms with Crippen LogP contribution >= 0.6 is 0 Å². The summed E-state index contributed by atoms with van der Waals surface area (Å²) < 4.78 is 30.8. The Bertz CT molecular complexity index is 1120. The second-order valence-electron chi connectivity index (χ2n) is 7.56. The van der Waals surface area contributed by atoms with Gasteiger partial charge in [0.25, 0.3) is 11.7 Å². The average molecular weight is 459 g/mol. The molecule has 0 aromatic heterocycles. The van der Waals surface area contributed by atoms with E-state index in [1.54, 1.807) is 31.4 Å². The van der Waals surface area contributed by atoms with Crippen LogP contribution in [0, 0.1) is 0 Å². The number of amides is 1. The number of carbonyl (C=O) groups is 2. The van der Waals surface area contributed by atoms with Crippen LogP contribution in [0.15, 0.2) is 65.1 Å². The molecule has 32 heavy (non-hydrogen) atoms. The molecule has 0 bridgehead atoms. The molecular formula is C23H26N2O6S. The van der Waals surface area contributed by atoms with Gasteiger partial charge in [0, 0.05) is 39.9 Å². The largest absolute Gasteiger partial charge is 0.507 e. The molecule has 1 aliphatic rings. The molecule has 3 rings (SSSR count). The van der Waals surface area contributed by atoms with Gasteiger partial charge in [0.15, 0.2) is 0 Å². The van der Waals surface area contributed by atoms with Crippen LogP contribution in [0.5, 0.6) is 0 Å². The van der Waals surface area contributed by atoms with Crippen molar-refractivity contribution in [1.29, 1.82) is 0 Å². The van der Waals surface area contributed by atoms with Gasteiger partial charge in [0.1, 0.15) is 5.76 Å². The van der Waals surface area contributed by atoms with Crippen LogP contribution in [-0.2, 0) is 24.3 Å². The number of carbonyl (C=O) groups excluding carboxylic acids is 2. The number of likely N-dealkylation sites (tertiary alicyclic amines) is 1. The minimum Gasteiger partial charge on any atom is -0.507 e. The van der Waals surface area contributed by atoms with E-state index in [1.807, 2.05) is 6.07 Å². The van der Waals surface area contributed by atoms with E-state index in [1.165, 1.54) is 43.3 Å². The van der Waals surface area contributed by atoms with Gasteiger partial charge in [-0.05, 0) is 36.2 Å². The van der Waals surface area contributed by atoms with E-state index in [4.69, 9.17) is 4.74 Å². The van der Waals surface area contributed by atoms with Crippen molar-refractivity contribution in [1.82, 2.24) is 9.21 Å². The lowest BCUT2D eigenvalue weighted by molar-refractivity contribution is -0.140. The molecule has 2 aromatic carbocycles. The summed E-state index contributed by atoms with van der Waals surface area (Å²) in [5.74, 6) is -1.82. The average Bonchev–Trinajstić information content (AvgIpc) is 3.04. The monoisotopic (exact) mass is 458 g/mol. The van der Waals surface area contributed by atoms with Crippen LogP contribution in [0.3, 0.4) is 0 Å². The molecule has 0 radical (unpaired) electrons. The maximum absolute atomic E-state index is 12.9. The number of hydrogen-bond acceptors (Lipinski definition) is 6. The highest BCUT2D eigenvalue weighted by Gasteiger charge is 2.45. The number of hydrogen-bond donors (Lipinski definition) is 1. The third-order valence-electron chi connectivity index (χ3n) is 5.31. The topological polar surface area (TPSA) is 104 Å². The number of ketones is 1. The van der Waals surface area contributed by atoms with E-state index in [0.717, 1.165) is 4.31 Å². The molecule has 9 heteroatoms. The highest BCUT2D eigenvalue weighted by atomic mass is 32.2. The summed E-state index contributed by atoms with van der Waals surface area (Å²) in [6, 6.07) is 13.8. The Balaban J connectivity index is 2.07. The number of methoxy groups -OCH3 is 1. The second-order valence-corrected chi connectivity index (χ2v) is 9.71. The minimum absolute atomic E-state index is 0.0261. The van der Waals surface area contributed by atoms with E-state index in [9.17, 15) is 23.1 Å². The van der Waals surface area contributed by atoms with Crippen LogP contribution in [0.25, 0.3) is 5.76 Å². The molecule has 2 aromatic rings. The summed E-state index contributed by atoms with van der Waals surface area (Å²) >= 11 is 0. The lowest BCUT2D eigenvalue weighted by atomic mass is 9.95. The van der Waals surface area contributed by atoms with Gasteiger partial charge in [-0.15, -0.1) is 0 Å². The van der Waals surface area contributed by atoms with Crippen molar-refractivity contribution in [3.8, 4) is 0 Å². The first-order valence-electron chi connectivity index (χ1n) is 10.1.